The molecule has 2 N–H and O–H groups in total. The quantitative estimate of drug-likeness (QED) is 0.692. The van der Waals surface area contributed by atoms with Crippen molar-refractivity contribution in [1.82, 2.24) is 14.8 Å². The first-order chi connectivity index (χ1) is 12.1. The van der Waals surface area contributed by atoms with Crippen LogP contribution >= 0.6 is 0 Å². The molecule has 0 bridgehead atoms. The zero-order valence-corrected chi connectivity index (χ0v) is 13.7. The Morgan fingerprint density at radius 1 is 1.28 bits per heavy atom. The molecule has 0 saturated carbocycles. The van der Waals surface area contributed by atoms with Crippen LogP contribution in [0.5, 0.6) is 0 Å². The third-order valence-electron chi connectivity index (χ3n) is 4.06. The number of benzene rings is 1. The van der Waals surface area contributed by atoms with Gasteiger partial charge in [-0.25, -0.2) is 9.48 Å². The second-order valence-electron chi connectivity index (χ2n) is 5.54. The highest BCUT2D eigenvalue weighted by atomic mass is 32.2. The van der Waals surface area contributed by atoms with Crippen molar-refractivity contribution < 1.29 is 19.6 Å². The number of hydrogen-bond acceptors (Lipinski definition) is 5. The first-order valence-corrected chi connectivity index (χ1v) is 8.81. The smallest absolute Gasteiger partial charge is 0.356 e. The SMILES string of the molecule is O=C(O)c1nn(-c2ccc(CO)nc2)c2c1C[S+]([O-])c1ccccc1-2. The molecule has 2 aromatic heterocycles. The van der Waals surface area contributed by atoms with Gasteiger partial charge in [0.15, 0.2) is 10.6 Å². The highest BCUT2D eigenvalue weighted by Crippen LogP contribution is 2.40. The van der Waals surface area contributed by atoms with E-state index in [0.29, 0.717) is 33.1 Å². The monoisotopic (exact) mass is 355 g/mol. The van der Waals surface area contributed by atoms with Crippen molar-refractivity contribution >= 4 is 17.1 Å². The van der Waals surface area contributed by atoms with Crippen molar-refractivity contribution in [2.75, 3.05) is 0 Å². The van der Waals surface area contributed by atoms with Crippen molar-refractivity contribution in [3.63, 3.8) is 0 Å². The number of aliphatic hydroxyl groups excluding tert-OH is 1. The lowest BCUT2D eigenvalue weighted by molar-refractivity contribution is 0.0689. The van der Waals surface area contributed by atoms with Gasteiger partial charge in [0, 0.05) is 0 Å². The zero-order valence-electron chi connectivity index (χ0n) is 12.9. The number of aromatic carboxylic acids is 1. The number of rotatable bonds is 3. The first-order valence-electron chi connectivity index (χ1n) is 7.49. The molecule has 7 nitrogen and oxygen atoms in total. The number of nitrogens with zero attached hydrogens (tertiary/aromatic N) is 3. The van der Waals surface area contributed by atoms with Crippen LogP contribution in [0.4, 0.5) is 0 Å². The van der Waals surface area contributed by atoms with Crippen LogP contribution < -0.4 is 0 Å². The molecule has 1 aliphatic rings. The van der Waals surface area contributed by atoms with Gasteiger partial charge in [-0.1, -0.05) is 12.1 Å². The Hall–Kier alpha value is -2.68. The van der Waals surface area contributed by atoms with E-state index >= 15 is 0 Å². The fourth-order valence-corrected chi connectivity index (χ4v) is 4.26. The molecule has 25 heavy (non-hydrogen) atoms. The second-order valence-corrected chi connectivity index (χ2v) is 6.96. The molecule has 1 aromatic carbocycles. The Labute approximate surface area is 145 Å². The van der Waals surface area contributed by atoms with Gasteiger partial charge in [-0.3, -0.25) is 4.98 Å². The van der Waals surface area contributed by atoms with Gasteiger partial charge in [0.25, 0.3) is 0 Å². The summed E-state index contributed by atoms with van der Waals surface area (Å²) in [6.07, 6.45) is 1.53. The van der Waals surface area contributed by atoms with E-state index in [9.17, 15) is 14.5 Å². The standard InChI is InChI=1S/C17H13N3O4S/c21-8-10-5-6-11(7-18-10)20-16-12-3-1-2-4-14(12)25(24)9-13(16)15(19-20)17(22)23/h1-7,21H,8-9H2,(H,22,23). The largest absolute Gasteiger partial charge is 0.611 e. The third-order valence-corrected chi connectivity index (χ3v) is 5.46. The summed E-state index contributed by atoms with van der Waals surface area (Å²) in [6.45, 7) is -0.181. The van der Waals surface area contributed by atoms with Crippen LogP contribution in [0.2, 0.25) is 0 Å². The maximum absolute atomic E-state index is 12.5. The summed E-state index contributed by atoms with van der Waals surface area (Å²) >= 11 is -1.32. The first kappa shape index (κ1) is 15.8. The topological polar surface area (TPSA) is 111 Å². The maximum atomic E-state index is 12.5. The third kappa shape index (κ3) is 2.51. The summed E-state index contributed by atoms with van der Waals surface area (Å²) in [4.78, 5) is 16.4. The summed E-state index contributed by atoms with van der Waals surface area (Å²) in [6, 6.07) is 10.6. The molecule has 0 fully saturated rings. The number of carboxylic acids is 1. The van der Waals surface area contributed by atoms with Gasteiger partial charge in [0.1, 0.15) is 5.75 Å². The number of aliphatic hydroxyl groups is 1. The number of pyridine rings is 1. The molecule has 3 aromatic rings. The van der Waals surface area contributed by atoms with Gasteiger partial charge in [-0.2, -0.15) is 5.10 Å². The number of carboxylic acid groups (broad SMARTS) is 1. The maximum Gasteiger partial charge on any atom is 0.356 e. The van der Waals surface area contributed by atoms with Crippen LogP contribution in [0, 0.1) is 0 Å². The molecular formula is C17H13N3O4S. The number of hydrogen-bond donors (Lipinski definition) is 2. The van der Waals surface area contributed by atoms with Crippen LogP contribution in [0.25, 0.3) is 16.9 Å². The molecule has 0 spiro atoms. The molecule has 4 rings (SSSR count). The lowest BCUT2D eigenvalue weighted by Crippen LogP contribution is -2.15. The average Bonchev–Trinajstić information content (AvgIpc) is 3.02. The van der Waals surface area contributed by atoms with Crippen molar-refractivity contribution in [1.29, 1.82) is 0 Å². The highest BCUT2D eigenvalue weighted by molar-refractivity contribution is 7.90. The van der Waals surface area contributed by atoms with E-state index in [1.54, 1.807) is 24.3 Å². The van der Waals surface area contributed by atoms with E-state index in [4.69, 9.17) is 5.11 Å². The number of fused-ring (bicyclic) bond motifs is 3. The normalized spacial score (nSPS) is 15.5. The van der Waals surface area contributed by atoms with Gasteiger partial charge in [0.2, 0.25) is 0 Å². The summed E-state index contributed by atoms with van der Waals surface area (Å²) in [5.74, 6) is -1.05. The van der Waals surface area contributed by atoms with Crippen molar-refractivity contribution in [2.24, 2.45) is 0 Å². The van der Waals surface area contributed by atoms with E-state index in [-0.39, 0.29) is 18.1 Å². The zero-order chi connectivity index (χ0) is 17.6. The molecule has 0 aliphatic carbocycles. The molecule has 3 heterocycles. The summed E-state index contributed by atoms with van der Waals surface area (Å²) in [5.41, 5.74) is 2.74. The van der Waals surface area contributed by atoms with Crippen molar-refractivity contribution in [3.05, 3.63) is 59.5 Å². The average molecular weight is 355 g/mol. The van der Waals surface area contributed by atoms with E-state index in [1.165, 1.54) is 10.9 Å². The highest BCUT2D eigenvalue weighted by Gasteiger charge is 2.35. The van der Waals surface area contributed by atoms with E-state index in [1.807, 2.05) is 12.1 Å². The molecule has 1 aliphatic heterocycles. The number of carbonyl (C=O) groups is 1. The van der Waals surface area contributed by atoms with Crippen LogP contribution in [0.1, 0.15) is 21.7 Å². The predicted molar refractivity (Wildman–Crippen MR) is 89.8 cm³/mol. The van der Waals surface area contributed by atoms with Gasteiger partial charge in [-0.05, 0) is 35.4 Å². The summed E-state index contributed by atoms with van der Waals surface area (Å²) < 4.78 is 14.0. The minimum absolute atomic E-state index is 0.107. The fraction of sp³-hybridized carbons (Fsp3) is 0.118. The number of aromatic nitrogens is 3. The minimum atomic E-state index is -1.32. The lowest BCUT2D eigenvalue weighted by Gasteiger charge is -2.20. The van der Waals surface area contributed by atoms with Crippen LogP contribution in [-0.2, 0) is 23.5 Å². The van der Waals surface area contributed by atoms with E-state index in [0.717, 1.165) is 0 Å². The van der Waals surface area contributed by atoms with Crippen molar-refractivity contribution in [2.45, 2.75) is 17.3 Å². The predicted octanol–water partition coefficient (Wildman–Crippen LogP) is 1.75. The molecule has 0 radical (unpaired) electrons. The summed E-state index contributed by atoms with van der Waals surface area (Å²) in [7, 11) is 0. The van der Waals surface area contributed by atoms with E-state index in [2.05, 4.69) is 10.1 Å². The van der Waals surface area contributed by atoms with Crippen LogP contribution in [-0.4, -0.2) is 35.5 Å². The van der Waals surface area contributed by atoms with Gasteiger partial charge < -0.3 is 14.8 Å². The minimum Gasteiger partial charge on any atom is -0.611 e. The Balaban J connectivity index is 1.98. The van der Waals surface area contributed by atoms with Gasteiger partial charge in [0.05, 0.1) is 41.0 Å². The molecular weight excluding hydrogens is 342 g/mol. The Kier molecular flexibility index (Phi) is 3.79. The van der Waals surface area contributed by atoms with Gasteiger partial charge in [-0.15, -0.1) is 0 Å². The fourth-order valence-electron chi connectivity index (χ4n) is 2.93. The molecule has 1 unspecified atom stereocenters. The molecule has 0 saturated heterocycles. The second kappa shape index (κ2) is 5.99. The van der Waals surface area contributed by atoms with Crippen LogP contribution in [0.15, 0.2) is 47.5 Å². The van der Waals surface area contributed by atoms with Crippen molar-refractivity contribution in [3.8, 4) is 16.9 Å². The molecule has 126 valence electrons. The Morgan fingerprint density at radius 3 is 2.76 bits per heavy atom. The summed E-state index contributed by atoms with van der Waals surface area (Å²) in [5, 5.41) is 22.9. The Bertz CT molecular complexity index is 969. The van der Waals surface area contributed by atoms with Crippen LogP contribution in [0.3, 0.4) is 0 Å². The van der Waals surface area contributed by atoms with E-state index < -0.39 is 17.1 Å². The lowest BCUT2D eigenvalue weighted by atomic mass is 10.1. The molecule has 0 amide bonds. The Morgan fingerprint density at radius 2 is 2.08 bits per heavy atom. The molecule has 8 heteroatoms. The molecule has 1 atom stereocenters. The van der Waals surface area contributed by atoms with Gasteiger partial charge >= 0.3 is 5.97 Å².